The van der Waals surface area contributed by atoms with Crippen molar-refractivity contribution in [3.8, 4) is 0 Å². The van der Waals surface area contributed by atoms with Gasteiger partial charge in [-0.25, -0.2) is 12.7 Å². The minimum Gasteiger partial charge on any atom is -0.451 e. The van der Waals surface area contributed by atoms with Crippen LogP contribution in [0.15, 0.2) is 53.9 Å². The van der Waals surface area contributed by atoms with Gasteiger partial charge in [-0.05, 0) is 37.6 Å². The largest absolute Gasteiger partial charge is 0.451 e. The molecule has 0 bridgehead atoms. The summed E-state index contributed by atoms with van der Waals surface area (Å²) in [7, 11) is -0.867. The summed E-state index contributed by atoms with van der Waals surface area (Å²) in [6.45, 7) is 6.57. The Morgan fingerprint density at radius 1 is 1.15 bits per heavy atom. The summed E-state index contributed by atoms with van der Waals surface area (Å²) < 4.78 is 31.0. The molecular formula is C23H25N3O6S. The van der Waals surface area contributed by atoms with Gasteiger partial charge in [0.25, 0.3) is 11.8 Å². The average Bonchev–Trinajstić information content (AvgIpc) is 3.00. The second kappa shape index (κ2) is 9.16. The Morgan fingerprint density at radius 3 is 2.39 bits per heavy atom. The van der Waals surface area contributed by atoms with E-state index < -0.39 is 28.0 Å². The van der Waals surface area contributed by atoms with Gasteiger partial charge in [-0.2, -0.15) is 0 Å². The summed E-state index contributed by atoms with van der Waals surface area (Å²) in [6.07, 6.45) is -1.18. The van der Waals surface area contributed by atoms with E-state index in [2.05, 4.69) is 11.9 Å². The second-order valence-electron chi connectivity index (χ2n) is 7.77. The second-order valence-corrected chi connectivity index (χ2v) is 9.92. The molecule has 1 unspecified atom stereocenters. The van der Waals surface area contributed by atoms with Crippen LogP contribution in [0.4, 0.5) is 5.69 Å². The van der Waals surface area contributed by atoms with Gasteiger partial charge in [0.05, 0.1) is 4.90 Å². The number of nitrogens with one attached hydrogen (secondary N) is 1. The number of carbonyl (C=O) groups is 3. The Kier molecular flexibility index (Phi) is 6.71. The van der Waals surface area contributed by atoms with Crippen LogP contribution in [-0.4, -0.2) is 62.2 Å². The third kappa shape index (κ3) is 4.81. The van der Waals surface area contributed by atoms with E-state index in [-0.39, 0.29) is 23.0 Å². The number of benzene rings is 2. The van der Waals surface area contributed by atoms with E-state index in [0.29, 0.717) is 22.4 Å². The van der Waals surface area contributed by atoms with Crippen LogP contribution >= 0.6 is 0 Å². The van der Waals surface area contributed by atoms with Gasteiger partial charge < -0.3 is 10.1 Å². The van der Waals surface area contributed by atoms with E-state index in [4.69, 9.17) is 4.74 Å². The van der Waals surface area contributed by atoms with Crippen LogP contribution in [0.5, 0.6) is 0 Å². The molecule has 1 heterocycles. The SMILES string of the molecule is C=C1c2ccccc2C(=O)N1CC(=O)OC(C)C(=O)Nc1cc(S(=O)(=O)N(C)C)ccc1C. The van der Waals surface area contributed by atoms with Gasteiger partial charge in [0.15, 0.2) is 6.10 Å². The Labute approximate surface area is 192 Å². The fourth-order valence-electron chi connectivity index (χ4n) is 3.26. The fraction of sp³-hybridized carbons (Fsp3) is 0.261. The first-order valence-corrected chi connectivity index (χ1v) is 11.5. The molecule has 0 fully saturated rings. The molecule has 0 spiro atoms. The maximum absolute atomic E-state index is 12.6. The maximum Gasteiger partial charge on any atom is 0.326 e. The van der Waals surface area contributed by atoms with E-state index in [0.717, 1.165) is 4.31 Å². The third-order valence-corrected chi connectivity index (χ3v) is 7.06. The van der Waals surface area contributed by atoms with Crippen LogP contribution in [0.1, 0.15) is 28.4 Å². The first kappa shape index (κ1) is 24.1. The molecule has 33 heavy (non-hydrogen) atoms. The standard InChI is InChI=1S/C23H25N3O6S/c1-14-10-11-17(33(30,31)25(4)5)12-20(14)24-22(28)16(3)32-21(27)13-26-15(2)18-8-6-7-9-19(18)23(26)29/h6-12,16H,2,13H2,1,3-5H3,(H,24,28). The molecule has 0 saturated heterocycles. The number of ether oxygens (including phenoxy) is 1. The molecule has 3 rings (SSSR count). The van der Waals surface area contributed by atoms with E-state index >= 15 is 0 Å². The molecule has 2 aromatic carbocycles. The summed E-state index contributed by atoms with van der Waals surface area (Å²) in [5, 5.41) is 2.59. The average molecular weight is 472 g/mol. The molecule has 0 radical (unpaired) electrons. The van der Waals surface area contributed by atoms with Crippen molar-refractivity contribution in [1.82, 2.24) is 9.21 Å². The lowest BCUT2D eigenvalue weighted by Gasteiger charge is -2.19. The van der Waals surface area contributed by atoms with Gasteiger partial charge in [-0.1, -0.05) is 30.8 Å². The zero-order valence-electron chi connectivity index (χ0n) is 18.8. The number of carbonyl (C=O) groups excluding carboxylic acids is 3. The minimum absolute atomic E-state index is 0.0173. The van der Waals surface area contributed by atoms with Crippen molar-refractivity contribution >= 4 is 39.2 Å². The highest BCUT2D eigenvalue weighted by atomic mass is 32.2. The zero-order chi connectivity index (χ0) is 24.5. The number of rotatable bonds is 7. The van der Waals surface area contributed by atoms with Gasteiger partial charge in [-0.15, -0.1) is 0 Å². The summed E-state index contributed by atoms with van der Waals surface area (Å²) in [6, 6.07) is 11.3. The molecule has 174 valence electrons. The van der Waals surface area contributed by atoms with Crippen molar-refractivity contribution in [2.75, 3.05) is 26.0 Å². The molecule has 1 atom stereocenters. The van der Waals surface area contributed by atoms with Crippen molar-refractivity contribution in [3.63, 3.8) is 0 Å². The van der Waals surface area contributed by atoms with E-state index in [1.54, 1.807) is 37.3 Å². The molecule has 2 aromatic rings. The number of sulfonamides is 1. The number of fused-ring (bicyclic) bond motifs is 1. The Morgan fingerprint density at radius 2 is 1.79 bits per heavy atom. The summed E-state index contributed by atoms with van der Waals surface area (Å²) >= 11 is 0. The Hall–Kier alpha value is -3.50. The monoisotopic (exact) mass is 471 g/mol. The van der Waals surface area contributed by atoms with E-state index in [1.807, 2.05) is 0 Å². The predicted molar refractivity (Wildman–Crippen MR) is 123 cm³/mol. The number of aryl methyl sites for hydroxylation is 1. The molecule has 10 heteroatoms. The maximum atomic E-state index is 12.6. The quantitative estimate of drug-likeness (QED) is 0.620. The van der Waals surface area contributed by atoms with Crippen LogP contribution in [0.2, 0.25) is 0 Å². The van der Waals surface area contributed by atoms with Gasteiger partial charge in [0.2, 0.25) is 10.0 Å². The molecule has 1 aliphatic heterocycles. The molecule has 0 saturated carbocycles. The number of nitrogens with zero attached hydrogens (tertiary/aromatic N) is 2. The molecule has 0 aromatic heterocycles. The first-order valence-electron chi connectivity index (χ1n) is 10.1. The molecule has 9 nitrogen and oxygen atoms in total. The molecule has 1 aliphatic rings. The number of anilines is 1. The first-order chi connectivity index (χ1) is 15.4. The van der Waals surface area contributed by atoms with Crippen LogP contribution in [-0.2, 0) is 24.3 Å². The lowest BCUT2D eigenvalue weighted by molar-refractivity contribution is -0.153. The van der Waals surface area contributed by atoms with Gasteiger partial charge >= 0.3 is 5.97 Å². The topological polar surface area (TPSA) is 113 Å². The number of hydrogen-bond donors (Lipinski definition) is 1. The van der Waals surface area contributed by atoms with Gasteiger partial charge in [0.1, 0.15) is 6.54 Å². The third-order valence-electron chi connectivity index (χ3n) is 5.25. The lowest BCUT2D eigenvalue weighted by Crippen LogP contribution is -2.36. The van der Waals surface area contributed by atoms with Crippen LogP contribution in [0, 0.1) is 6.92 Å². The lowest BCUT2D eigenvalue weighted by atomic mass is 10.1. The normalized spacial score (nSPS) is 14.3. The van der Waals surface area contributed by atoms with Crippen LogP contribution < -0.4 is 5.32 Å². The fourth-order valence-corrected chi connectivity index (χ4v) is 4.19. The summed E-state index contributed by atoms with van der Waals surface area (Å²) in [4.78, 5) is 38.8. The summed E-state index contributed by atoms with van der Waals surface area (Å²) in [5.74, 6) is -1.78. The van der Waals surface area contributed by atoms with Crippen molar-refractivity contribution in [3.05, 3.63) is 65.7 Å². The number of esters is 1. The zero-order valence-corrected chi connectivity index (χ0v) is 19.6. The van der Waals surface area contributed by atoms with Crippen molar-refractivity contribution in [2.24, 2.45) is 0 Å². The van der Waals surface area contributed by atoms with Crippen molar-refractivity contribution in [2.45, 2.75) is 24.8 Å². The van der Waals surface area contributed by atoms with E-state index in [9.17, 15) is 22.8 Å². The molecular weight excluding hydrogens is 446 g/mol. The van der Waals surface area contributed by atoms with Crippen LogP contribution in [0.3, 0.4) is 0 Å². The highest BCUT2D eigenvalue weighted by Gasteiger charge is 2.33. The molecule has 1 N–H and O–H groups in total. The predicted octanol–water partition coefficient (Wildman–Crippen LogP) is 2.24. The molecule has 0 aliphatic carbocycles. The van der Waals surface area contributed by atoms with Crippen molar-refractivity contribution < 1.29 is 27.5 Å². The van der Waals surface area contributed by atoms with Gasteiger partial charge in [0, 0.05) is 36.6 Å². The van der Waals surface area contributed by atoms with Gasteiger partial charge in [-0.3, -0.25) is 19.3 Å². The number of amides is 2. The number of hydrogen-bond acceptors (Lipinski definition) is 6. The highest BCUT2D eigenvalue weighted by molar-refractivity contribution is 7.89. The Bertz CT molecular complexity index is 1220. The molecule has 2 amide bonds. The summed E-state index contributed by atoms with van der Waals surface area (Å²) in [5.41, 5.74) is 2.40. The highest BCUT2D eigenvalue weighted by Crippen LogP contribution is 2.31. The van der Waals surface area contributed by atoms with Crippen LogP contribution in [0.25, 0.3) is 5.70 Å². The smallest absolute Gasteiger partial charge is 0.326 e. The van der Waals surface area contributed by atoms with E-state index in [1.165, 1.54) is 38.1 Å². The van der Waals surface area contributed by atoms with Crippen molar-refractivity contribution in [1.29, 1.82) is 0 Å². The minimum atomic E-state index is -3.69. The Balaban J connectivity index is 1.65.